The van der Waals surface area contributed by atoms with Crippen LogP contribution in [0.3, 0.4) is 0 Å². The molecule has 0 radical (unpaired) electrons. The summed E-state index contributed by atoms with van der Waals surface area (Å²) in [6.45, 7) is 0. The number of hydrogen-bond donors (Lipinski definition) is 4. The minimum Gasteiger partial charge on any atom is -0.362 e. The Labute approximate surface area is 191 Å². The maximum Gasteiger partial charge on any atom is 0.206 e. The van der Waals surface area contributed by atoms with Crippen molar-refractivity contribution in [2.75, 3.05) is 28.2 Å². The van der Waals surface area contributed by atoms with E-state index in [0.29, 0.717) is 25.6 Å². The number of amides is 4. The Bertz CT molecular complexity index is 121. The van der Waals surface area contributed by atoms with Gasteiger partial charge in [0.05, 0.1) is 0 Å². The Hall–Kier alpha value is -2.12. The fourth-order valence-electron chi connectivity index (χ4n) is 0. The molecule has 0 bridgehead atoms. The number of carbonyl (C=O) groups is 4. The zero-order valence-corrected chi connectivity index (χ0v) is 9.94. The molecule has 0 aliphatic carbocycles. The molecular formula is C21H72N4O4. The highest BCUT2D eigenvalue weighted by atomic mass is 16.1. The van der Waals surface area contributed by atoms with Crippen molar-refractivity contribution in [1.82, 2.24) is 21.3 Å². The summed E-state index contributed by atoms with van der Waals surface area (Å²) in [5, 5.41) is 9.00. The Morgan fingerprint density at radius 1 is 0.310 bits per heavy atom. The molecule has 8 nitrogen and oxygen atoms in total. The van der Waals surface area contributed by atoms with E-state index in [2.05, 4.69) is 21.3 Å². The van der Waals surface area contributed by atoms with Gasteiger partial charge in [-0.15, -0.1) is 0 Å². The molecule has 0 aromatic rings. The second-order valence-electron chi connectivity index (χ2n) is 1.63. The second-order valence-corrected chi connectivity index (χ2v) is 1.63. The van der Waals surface area contributed by atoms with E-state index in [1.54, 1.807) is 28.2 Å². The molecule has 0 heterocycles. The predicted molar refractivity (Wildman–Crippen MR) is 148 cm³/mol. The molecule has 29 heavy (non-hydrogen) atoms. The van der Waals surface area contributed by atoms with Crippen LogP contribution in [-0.2, 0) is 19.2 Å². The van der Waals surface area contributed by atoms with Gasteiger partial charge in [-0.25, -0.2) is 0 Å². The van der Waals surface area contributed by atoms with Crippen molar-refractivity contribution in [2.45, 2.75) is 96.5 Å². The molecule has 0 aromatic carbocycles. The fourth-order valence-corrected chi connectivity index (χ4v) is 0. The minimum absolute atomic E-state index is 0. The number of nitrogens with one attached hydrogen (secondary N) is 4. The van der Waals surface area contributed by atoms with Gasteiger partial charge in [-0.3, -0.25) is 19.2 Å². The molecule has 0 atom stereocenters. The molecule has 4 N–H and O–H groups in total. The molecule has 0 rings (SSSR count). The maximum absolute atomic E-state index is 9.06. The van der Waals surface area contributed by atoms with Gasteiger partial charge in [-0.05, 0) is 0 Å². The van der Waals surface area contributed by atoms with E-state index in [1.165, 1.54) is 0 Å². The number of hydrogen-bond acceptors (Lipinski definition) is 4. The highest BCUT2D eigenvalue weighted by molar-refractivity contribution is 5.45. The first kappa shape index (κ1) is 184. The van der Waals surface area contributed by atoms with Crippen molar-refractivity contribution in [3.05, 3.63) is 0 Å². The third-order valence-electron chi connectivity index (χ3n) is 0.471. The van der Waals surface area contributed by atoms with Crippen molar-refractivity contribution < 1.29 is 19.2 Å². The van der Waals surface area contributed by atoms with E-state index in [9.17, 15) is 0 Å². The van der Waals surface area contributed by atoms with Gasteiger partial charge >= 0.3 is 0 Å². The van der Waals surface area contributed by atoms with Crippen LogP contribution in [0.2, 0.25) is 0 Å². The van der Waals surface area contributed by atoms with Crippen molar-refractivity contribution in [3.8, 4) is 0 Å². The van der Waals surface area contributed by atoms with E-state index < -0.39 is 0 Å². The van der Waals surface area contributed by atoms with Crippen LogP contribution in [0.5, 0.6) is 0 Å². The van der Waals surface area contributed by atoms with E-state index in [4.69, 9.17) is 19.2 Å². The first-order chi connectivity index (χ1) is 7.66. The molecule has 200 valence electrons. The van der Waals surface area contributed by atoms with E-state index in [-0.39, 0.29) is 96.5 Å². The van der Waals surface area contributed by atoms with E-state index in [1.807, 2.05) is 0 Å². The standard InChI is InChI=1S/4C2H5NO.13CH4/c4*1-3-2-4;;;;;;;;;;;;;/h4*2H,1H3,(H,3,4);13*1H4. The highest BCUT2D eigenvalue weighted by Gasteiger charge is 1.44. The fraction of sp³-hybridized carbons (Fsp3) is 0.810. The molecule has 0 fully saturated rings. The minimum atomic E-state index is 0. The molecule has 0 unspecified atom stereocenters. The lowest BCUT2D eigenvalue weighted by Gasteiger charge is -1.64. The summed E-state index contributed by atoms with van der Waals surface area (Å²) in [6.07, 6.45) is 2.50. The quantitative estimate of drug-likeness (QED) is 0.415. The SMILES string of the molecule is C.C.C.C.C.C.C.C.C.C.C.C.C.CNC=O.CNC=O.CNC=O.CNC=O. The summed E-state index contributed by atoms with van der Waals surface area (Å²) in [4.78, 5) is 36.2. The Morgan fingerprint density at radius 2 is 0.345 bits per heavy atom. The molecule has 0 aromatic heterocycles. The van der Waals surface area contributed by atoms with Crippen LogP contribution < -0.4 is 21.3 Å². The molecule has 0 spiro atoms. The molecule has 0 aliphatic rings. The molecule has 0 saturated carbocycles. The van der Waals surface area contributed by atoms with Crippen LogP contribution in [0.25, 0.3) is 0 Å². The smallest absolute Gasteiger partial charge is 0.206 e. The summed E-state index contributed by atoms with van der Waals surface area (Å²) in [7, 11) is 6.25. The van der Waals surface area contributed by atoms with Gasteiger partial charge in [0, 0.05) is 28.2 Å². The Kier molecular flexibility index (Phi) is 2950. The van der Waals surface area contributed by atoms with Crippen LogP contribution in [0.15, 0.2) is 0 Å². The molecule has 0 aliphatic heterocycles. The zero-order valence-electron chi connectivity index (χ0n) is 9.94. The summed E-state index contributed by atoms with van der Waals surface area (Å²) in [5.41, 5.74) is 0. The molecule has 0 saturated heterocycles. The van der Waals surface area contributed by atoms with Crippen molar-refractivity contribution in [1.29, 1.82) is 0 Å². The summed E-state index contributed by atoms with van der Waals surface area (Å²) >= 11 is 0. The molecule has 8 heteroatoms. The van der Waals surface area contributed by atoms with Gasteiger partial charge in [0.25, 0.3) is 0 Å². The topological polar surface area (TPSA) is 116 Å². The number of rotatable bonds is 4. The van der Waals surface area contributed by atoms with Gasteiger partial charge in [0.1, 0.15) is 0 Å². The summed E-state index contributed by atoms with van der Waals surface area (Å²) < 4.78 is 0. The lowest BCUT2D eigenvalue weighted by atomic mass is 11.2. The first-order valence-electron chi connectivity index (χ1n) is 4.10. The average Bonchev–Trinajstić information content (AvgIpc) is 2.39. The third kappa shape index (κ3) is 4180. The molecular weight excluding hydrogens is 372 g/mol. The van der Waals surface area contributed by atoms with Crippen LogP contribution >= 0.6 is 0 Å². The van der Waals surface area contributed by atoms with Gasteiger partial charge in [0.15, 0.2) is 0 Å². The third-order valence-corrected chi connectivity index (χ3v) is 0.471. The first-order valence-corrected chi connectivity index (χ1v) is 4.10. The second kappa shape index (κ2) is 463. The van der Waals surface area contributed by atoms with Crippen molar-refractivity contribution >= 4 is 25.6 Å². The van der Waals surface area contributed by atoms with Gasteiger partial charge in [-0.2, -0.15) is 0 Å². The largest absolute Gasteiger partial charge is 0.362 e. The summed E-state index contributed by atoms with van der Waals surface area (Å²) in [5.74, 6) is 0. The van der Waals surface area contributed by atoms with Gasteiger partial charge in [-0.1, -0.05) is 96.5 Å². The zero-order chi connectivity index (χ0) is 13.7. The van der Waals surface area contributed by atoms with Gasteiger partial charge in [0.2, 0.25) is 25.6 Å². The molecule has 4 amide bonds. The van der Waals surface area contributed by atoms with Crippen LogP contribution in [0.4, 0.5) is 0 Å². The predicted octanol–water partition coefficient (Wildman–Crippen LogP) is 5.72. The van der Waals surface area contributed by atoms with E-state index >= 15 is 0 Å². The van der Waals surface area contributed by atoms with Crippen LogP contribution in [0, 0.1) is 0 Å². The van der Waals surface area contributed by atoms with Crippen LogP contribution in [0.1, 0.15) is 96.5 Å². The average molecular weight is 445 g/mol. The highest BCUT2D eigenvalue weighted by Crippen LogP contribution is 1.11. The lowest BCUT2D eigenvalue weighted by molar-refractivity contribution is -0.109. The summed E-state index contributed by atoms with van der Waals surface area (Å²) in [6, 6.07) is 0. The maximum atomic E-state index is 9.06. The lowest BCUT2D eigenvalue weighted by Crippen LogP contribution is -1.98. The van der Waals surface area contributed by atoms with Gasteiger partial charge < -0.3 is 21.3 Å². The monoisotopic (exact) mass is 445 g/mol. The van der Waals surface area contributed by atoms with Crippen molar-refractivity contribution in [3.63, 3.8) is 0 Å². The number of carbonyl (C=O) groups excluding carboxylic acids is 4. The van der Waals surface area contributed by atoms with Crippen molar-refractivity contribution in [2.24, 2.45) is 0 Å². The van der Waals surface area contributed by atoms with Crippen LogP contribution in [-0.4, -0.2) is 53.8 Å². The normalized spacial score (nSPS) is 2.90. The van der Waals surface area contributed by atoms with E-state index in [0.717, 1.165) is 0 Å². The Balaban J connectivity index is -0.00000000384. The Morgan fingerprint density at radius 3 is 0.345 bits per heavy atom.